The third-order valence-electron chi connectivity index (χ3n) is 4.16. The van der Waals surface area contributed by atoms with Crippen LogP contribution in [0.3, 0.4) is 0 Å². The molecule has 1 heterocycles. The fraction of sp³-hybridized carbons (Fsp3) is 0.286. The van der Waals surface area contributed by atoms with Crippen LogP contribution in [0.4, 0.5) is 0 Å². The molecule has 0 unspecified atom stereocenters. The van der Waals surface area contributed by atoms with Gasteiger partial charge in [0.05, 0.1) is 23.1 Å². The van der Waals surface area contributed by atoms with Crippen LogP contribution in [0.25, 0.3) is 10.9 Å². The van der Waals surface area contributed by atoms with Crippen molar-refractivity contribution in [1.29, 1.82) is 0 Å². The highest BCUT2D eigenvalue weighted by Crippen LogP contribution is 2.18. The zero-order chi connectivity index (χ0) is 19.2. The van der Waals surface area contributed by atoms with Crippen molar-refractivity contribution in [2.24, 2.45) is 0 Å². The van der Waals surface area contributed by atoms with Crippen LogP contribution >= 0.6 is 0 Å². The summed E-state index contributed by atoms with van der Waals surface area (Å²) in [7, 11) is 0. The van der Waals surface area contributed by atoms with Gasteiger partial charge in [0.1, 0.15) is 5.75 Å². The lowest BCUT2D eigenvalue weighted by molar-refractivity contribution is 0.0320. The molecule has 0 aliphatic rings. The van der Waals surface area contributed by atoms with Gasteiger partial charge >= 0.3 is 5.97 Å². The smallest absolute Gasteiger partial charge is 0.338 e. The molecule has 1 N–H and O–H groups in total. The van der Waals surface area contributed by atoms with E-state index >= 15 is 0 Å². The summed E-state index contributed by atoms with van der Waals surface area (Å²) in [5.41, 5.74) is 0.715. The zero-order valence-electron chi connectivity index (χ0n) is 15.4. The molecular weight excluding hydrogens is 344 g/mol. The summed E-state index contributed by atoms with van der Waals surface area (Å²) < 4.78 is 11.0. The van der Waals surface area contributed by atoms with Crippen molar-refractivity contribution in [2.45, 2.75) is 32.8 Å². The Kier molecular flexibility index (Phi) is 5.86. The Morgan fingerprint density at radius 2 is 1.89 bits per heavy atom. The molecule has 0 amide bonds. The van der Waals surface area contributed by atoms with Crippen LogP contribution in [-0.2, 0) is 4.74 Å². The summed E-state index contributed by atoms with van der Waals surface area (Å²) in [6, 6.07) is 13.8. The van der Waals surface area contributed by atoms with Gasteiger partial charge < -0.3 is 14.5 Å². The normalized spacial score (nSPS) is 11.9. The first-order valence-electron chi connectivity index (χ1n) is 9.01. The average molecular weight is 366 g/mol. The van der Waals surface area contributed by atoms with Gasteiger partial charge in [-0.1, -0.05) is 25.5 Å². The maximum Gasteiger partial charge on any atom is 0.338 e. The first-order chi connectivity index (χ1) is 13.1. The fourth-order valence-corrected chi connectivity index (χ4v) is 2.60. The number of aromatic nitrogens is 2. The standard InChI is InChI=1S/C21H22N2O4/c1-3-4-13-26-16-11-9-15(10-12-16)21(25)27-14(2)19-22-18-8-6-5-7-17(18)20(24)23-19/h5-12,14H,3-4,13H2,1-2H3,(H,22,23,24)/t14-/m1/s1. The summed E-state index contributed by atoms with van der Waals surface area (Å²) in [6.07, 6.45) is 1.36. The van der Waals surface area contributed by atoms with E-state index in [2.05, 4.69) is 16.9 Å². The van der Waals surface area contributed by atoms with Crippen molar-refractivity contribution in [3.8, 4) is 5.75 Å². The van der Waals surface area contributed by atoms with Crippen molar-refractivity contribution < 1.29 is 14.3 Å². The molecule has 0 saturated heterocycles. The van der Waals surface area contributed by atoms with Crippen LogP contribution in [-0.4, -0.2) is 22.5 Å². The number of fused-ring (bicyclic) bond motifs is 1. The van der Waals surface area contributed by atoms with E-state index < -0.39 is 12.1 Å². The minimum Gasteiger partial charge on any atom is -0.494 e. The molecular formula is C21H22N2O4. The molecule has 0 fully saturated rings. The Morgan fingerprint density at radius 3 is 2.63 bits per heavy atom. The number of carbonyl (C=O) groups is 1. The molecule has 140 valence electrons. The number of H-pyrrole nitrogens is 1. The number of esters is 1. The quantitative estimate of drug-likeness (QED) is 0.504. The topological polar surface area (TPSA) is 81.3 Å². The van der Waals surface area contributed by atoms with E-state index in [1.807, 2.05) is 0 Å². The van der Waals surface area contributed by atoms with Crippen molar-refractivity contribution >= 4 is 16.9 Å². The van der Waals surface area contributed by atoms with Gasteiger partial charge in [-0.2, -0.15) is 0 Å². The summed E-state index contributed by atoms with van der Waals surface area (Å²) in [6.45, 7) is 4.42. The molecule has 2 aromatic carbocycles. The minimum absolute atomic E-state index is 0.257. The summed E-state index contributed by atoms with van der Waals surface area (Å²) in [5, 5.41) is 0.499. The van der Waals surface area contributed by atoms with Gasteiger partial charge in [-0.05, 0) is 49.7 Å². The largest absolute Gasteiger partial charge is 0.494 e. The lowest BCUT2D eigenvalue weighted by Gasteiger charge is -2.13. The predicted octanol–water partition coefficient (Wildman–Crippen LogP) is 4.02. The second-order valence-corrected chi connectivity index (χ2v) is 6.24. The molecule has 0 spiro atoms. The van der Waals surface area contributed by atoms with Gasteiger partial charge in [0.2, 0.25) is 0 Å². The predicted molar refractivity (Wildman–Crippen MR) is 103 cm³/mol. The number of benzene rings is 2. The summed E-state index contributed by atoms with van der Waals surface area (Å²) >= 11 is 0. The SMILES string of the molecule is CCCCOc1ccc(C(=O)O[C@H](C)c2nc3ccccc3c(=O)[nH]2)cc1. The Labute approximate surface area is 157 Å². The third kappa shape index (κ3) is 4.53. The van der Waals surface area contributed by atoms with Gasteiger partial charge in [0.25, 0.3) is 5.56 Å². The van der Waals surface area contributed by atoms with Crippen LogP contribution in [0.15, 0.2) is 53.3 Å². The lowest BCUT2D eigenvalue weighted by Crippen LogP contribution is -2.17. The number of rotatable bonds is 7. The maximum atomic E-state index is 12.4. The molecule has 0 aliphatic heterocycles. The molecule has 6 nitrogen and oxygen atoms in total. The number of nitrogens with one attached hydrogen (secondary N) is 1. The first kappa shape index (κ1) is 18.6. The van der Waals surface area contributed by atoms with E-state index in [4.69, 9.17) is 9.47 Å². The molecule has 1 aromatic heterocycles. The number of carbonyl (C=O) groups excluding carboxylic acids is 1. The Morgan fingerprint density at radius 1 is 1.15 bits per heavy atom. The average Bonchev–Trinajstić information content (AvgIpc) is 2.68. The van der Waals surface area contributed by atoms with E-state index in [-0.39, 0.29) is 5.56 Å². The Balaban J connectivity index is 1.69. The monoisotopic (exact) mass is 366 g/mol. The van der Waals surface area contributed by atoms with Gasteiger partial charge in [-0.15, -0.1) is 0 Å². The zero-order valence-corrected chi connectivity index (χ0v) is 15.4. The van der Waals surface area contributed by atoms with Crippen molar-refractivity contribution in [1.82, 2.24) is 9.97 Å². The lowest BCUT2D eigenvalue weighted by atomic mass is 10.2. The molecule has 0 saturated carbocycles. The Bertz CT molecular complexity index is 979. The van der Waals surface area contributed by atoms with Gasteiger partial charge in [-0.3, -0.25) is 4.79 Å². The number of unbranched alkanes of at least 4 members (excludes halogenated alkanes) is 1. The maximum absolute atomic E-state index is 12.4. The van der Waals surface area contributed by atoms with Gasteiger partial charge in [0.15, 0.2) is 11.9 Å². The minimum atomic E-state index is -0.685. The number of aromatic amines is 1. The number of hydrogen-bond acceptors (Lipinski definition) is 5. The number of para-hydroxylation sites is 1. The molecule has 27 heavy (non-hydrogen) atoms. The van der Waals surface area contributed by atoms with Crippen molar-refractivity contribution in [3.63, 3.8) is 0 Å². The molecule has 0 bridgehead atoms. The van der Waals surface area contributed by atoms with Crippen LogP contribution in [0.2, 0.25) is 0 Å². The number of hydrogen-bond donors (Lipinski definition) is 1. The fourth-order valence-electron chi connectivity index (χ4n) is 2.60. The first-order valence-corrected chi connectivity index (χ1v) is 9.01. The van der Waals surface area contributed by atoms with Crippen molar-refractivity contribution in [3.05, 3.63) is 70.3 Å². The molecule has 0 radical (unpaired) electrons. The number of ether oxygens (including phenoxy) is 2. The van der Waals surface area contributed by atoms with E-state index in [0.717, 1.165) is 12.8 Å². The van der Waals surface area contributed by atoms with Crippen LogP contribution < -0.4 is 10.3 Å². The molecule has 3 aromatic rings. The highest BCUT2D eigenvalue weighted by atomic mass is 16.5. The van der Waals surface area contributed by atoms with Gasteiger partial charge in [0, 0.05) is 0 Å². The van der Waals surface area contributed by atoms with Crippen LogP contribution in [0, 0.1) is 0 Å². The third-order valence-corrected chi connectivity index (χ3v) is 4.16. The summed E-state index contributed by atoms with van der Waals surface area (Å²) in [5.74, 6) is 0.540. The van der Waals surface area contributed by atoms with E-state index in [9.17, 15) is 9.59 Å². The van der Waals surface area contributed by atoms with Crippen molar-refractivity contribution in [2.75, 3.05) is 6.61 Å². The van der Waals surface area contributed by atoms with Crippen LogP contribution in [0.5, 0.6) is 5.75 Å². The van der Waals surface area contributed by atoms with E-state index in [1.54, 1.807) is 55.5 Å². The molecule has 6 heteroatoms. The second kappa shape index (κ2) is 8.49. The van der Waals surface area contributed by atoms with E-state index in [0.29, 0.717) is 34.6 Å². The number of nitrogens with zero attached hydrogens (tertiary/aromatic N) is 1. The molecule has 0 aliphatic carbocycles. The second-order valence-electron chi connectivity index (χ2n) is 6.24. The summed E-state index contributed by atoms with van der Waals surface area (Å²) in [4.78, 5) is 31.6. The van der Waals surface area contributed by atoms with E-state index in [1.165, 1.54) is 0 Å². The molecule has 1 atom stereocenters. The van der Waals surface area contributed by atoms with Crippen LogP contribution in [0.1, 0.15) is 49.0 Å². The highest BCUT2D eigenvalue weighted by Gasteiger charge is 2.17. The van der Waals surface area contributed by atoms with Gasteiger partial charge in [-0.25, -0.2) is 9.78 Å². The Hall–Kier alpha value is -3.15. The molecule has 3 rings (SSSR count). The highest BCUT2D eigenvalue weighted by molar-refractivity contribution is 5.89.